The van der Waals surface area contributed by atoms with Crippen LogP contribution in [0, 0.1) is 6.92 Å². The van der Waals surface area contributed by atoms with Gasteiger partial charge in [0, 0.05) is 7.11 Å². The van der Waals surface area contributed by atoms with Crippen molar-refractivity contribution in [2.24, 2.45) is 0 Å². The zero-order valence-electron chi connectivity index (χ0n) is 11.5. The van der Waals surface area contributed by atoms with Gasteiger partial charge in [-0.1, -0.05) is 23.4 Å². The minimum absolute atomic E-state index is 0.0671. The van der Waals surface area contributed by atoms with E-state index < -0.39 is 5.97 Å². The number of rotatable bonds is 7. The minimum Gasteiger partial charge on any atom is -0.481 e. The van der Waals surface area contributed by atoms with E-state index in [4.69, 9.17) is 21.4 Å². The van der Waals surface area contributed by atoms with E-state index in [1.54, 1.807) is 7.11 Å². The Hall–Kier alpha value is -1.09. The van der Waals surface area contributed by atoms with E-state index in [-0.39, 0.29) is 5.75 Å². The zero-order valence-corrected chi connectivity index (χ0v) is 13.9. The third-order valence-corrected chi connectivity index (χ3v) is 5.31. The van der Waals surface area contributed by atoms with Gasteiger partial charge in [-0.25, -0.2) is 0 Å². The molecule has 0 aromatic carbocycles. The van der Waals surface area contributed by atoms with Gasteiger partial charge in [-0.15, -0.1) is 21.5 Å². The SMILES string of the molecule is COCCn1c(SCC(=O)O)nnc1-c1scc(C)c1Cl. The Kier molecular flexibility index (Phi) is 5.63. The van der Waals surface area contributed by atoms with Gasteiger partial charge in [0.05, 0.1) is 28.8 Å². The molecule has 0 aliphatic carbocycles. The van der Waals surface area contributed by atoms with Gasteiger partial charge < -0.3 is 9.84 Å². The van der Waals surface area contributed by atoms with Crippen LogP contribution in [0.25, 0.3) is 10.7 Å². The average molecular weight is 348 g/mol. The van der Waals surface area contributed by atoms with Crippen molar-refractivity contribution in [1.29, 1.82) is 0 Å². The second kappa shape index (κ2) is 7.26. The fraction of sp³-hybridized carbons (Fsp3) is 0.417. The van der Waals surface area contributed by atoms with Crippen molar-refractivity contribution in [3.8, 4) is 10.7 Å². The lowest BCUT2D eigenvalue weighted by molar-refractivity contribution is -0.133. The molecule has 9 heteroatoms. The number of aryl methyl sites for hydroxylation is 1. The van der Waals surface area contributed by atoms with E-state index in [0.717, 1.165) is 22.2 Å². The molecule has 2 aromatic heterocycles. The van der Waals surface area contributed by atoms with E-state index in [9.17, 15) is 4.79 Å². The number of thiophene rings is 1. The smallest absolute Gasteiger partial charge is 0.313 e. The van der Waals surface area contributed by atoms with Crippen LogP contribution in [0.4, 0.5) is 0 Å². The summed E-state index contributed by atoms with van der Waals surface area (Å²) in [6.45, 7) is 2.94. The fourth-order valence-electron chi connectivity index (χ4n) is 1.65. The highest BCUT2D eigenvalue weighted by molar-refractivity contribution is 7.99. The molecule has 0 radical (unpaired) electrons. The molecule has 114 valence electrons. The maximum Gasteiger partial charge on any atom is 0.313 e. The number of aromatic nitrogens is 3. The van der Waals surface area contributed by atoms with Crippen LogP contribution < -0.4 is 0 Å². The summed E-state index contributed by atoms with van der Waals surface area (Å²) >= 11 is 8.91. The van der Waals surface area contributed by atoms with Crippen molar-refractivity contribution in [2.45, 2.75) is 18.6 Å². The van der Waals surface area contributed by atoms with Crippen LogP contribution in [0.5, 0.6) is 0 Å². The summed E-state index contributed by atoms with van der Waals surface area (Å²) in [6.07, 6.45) is 0. The molecule has 0 unspecified atom stereocenters. The summed E-state index contributed by atoms with van der Waals surface area (Å²) in [4.78, 5) is 11.5. The number of hydrogen-bond acceptors (Lipinski definition) is 6. The molecule has 0 atom stereocenters. The average Bonchev–Trinajstić information content (AvgIpc) is 2.99. The number of methoxy groups -OCH3 is 1. The number of halogens is 1. The van der Waals surface area contributed by atoms with Gasteiger partial charge in [-0.3, -0.25) is 9.36 Å². The van der Waals surface area contributed by atoms with Gasteiger partial charge >= 0.3 is 5.97 Å². The summed E-state index contributed by atoms with van der Waals surface area (Å²) in [5.41, 5.74) is 0.984. The Labute approximate surface area is 135 Å². The van der Waals surface area contributed by atoms with Crippen molar-refractivity contribution in [1.82, 2.24) is 14.8 Å². The van der Waals surface area contributed by atoms with Gasteiger partial charge in [0.1, 0.15) is 0 Å². The molecule has 0 fully saturated rings. The molecule has 0 aliphatic rings. The Morgan fingerprint density at radius 2 is 2.33 bits per heavy atom. The van der Waals surface area contributed by atoms with Crippen LogP contribution >= 0.6 is 34.7 Å². The van der Waals surface area contributed by atoms with Gasteiger partial charge in [-0.2, -0.15) is 0 Å². The lowest BCUT2D eigenvalue weighted by atomic mass is 10.3. The number of carbonyl (C=O) groups is 1. The third-order valence-electron chi connectivity index (χ3n) is 2.66. The molecule has 0 saturated carbocycles. The number of aliphatic carboxylic acids is 1. The predicted molar refractivity (Wildman–Crippen MR) is 83.3 cm³/mol. The summed E-state index contributed by atoms with van der Waals surface area (Å²) in [7, 11) is 1.61. The molecular formula is C12H14ClN3O3S2. The maximum absolute atomic E-state index is 10.7. The Balaban J connectivity index is 2.36. The highest BCUT2D eigenvalue weighted by Crippen LogP contribution is 2.36. The first-order valence-corrected chi connectivity index (χ1v) is 8.29. The monoisotopic (exact) mass is 347 g/mol. The molecule has 6 nitrogen and oxygen atoms in total. The van der Waals surface area contributed by atoms with Crippen molar-refractivity contribution < 1.29 is 14.6 Å². The standard InChI is InChI=1S/C12H14ClN3O3S2/c1-7-5-20-10(9(7)13)11-14-15-12(21-6-8(17)18)16(11)3-4-19-2/h5H,3-4,6H2,1-2H3,(H,17,18). The van der Waals surface area contributed by atoms with E-state index in [0.29, 0.717) is 29.2 Å². The topological polar surface area (TPSA) is 77.2 Å². The Morgan fingerprint density at radius 1 is 1.57 bits per heavy atom. The second-order valence-electron chi connectivity index (χ2n) is 4.19. The molecule has 21 heavy (non-hydrogen) atoms. The lowest BCUT2D eigenvalue weighted by Crippen LogP contribution is -2.08. The molecular weight excluding hydrogens is 334 g/mol. The Morgan fingerprint density at radius 3 is 2.90 bits per heavy atom. The molecule has 2 aromatic rings. The van der Waals surface area contributed by atoms with Gasteiger partial charge in [-0.05, 0) is 17.9 Å². The van der Waals surface area contributed by atoms with E-state index in [2.05, 4.69) is 10.2 Å². The first kappa shape index (κ1) is 16.3. The zero-order chi connectivity index (χ0) is 15.4. The van der Waals surface area contributed by atoms with Crippen LogP contribution in [-0.4, -0.2) is 45.3 Å². The van der Waals surface area contributed by atoms with E-state index >= 15 is 0 Å². The molecule has 2 rings (SSSR count). The molecule has 0 bridgehead atoms. The lowest BCUT2D eigenvalue weighted by Gasteiger charge is -2.08. The third kappa shape index (κ3) is 3.76. The van der Waals surface area contributed by atoms with Crippen LogP contribution in [0.2, 0.25) is 5.02 Å². The van der Waals surface area contributed by atoms with Gasteiger partial charge in [0.15, 0.2) is 11.0 Å². The highest BCUT2D eigenvalue weighted by atomic mass is 35.5. The number of thioether (sulfide) groups is 1. The van der Waals surface area contributed by atoms with Crippen molar-refractivity contribution in [2.75, 3.05) is 19.5 Å². The van der Waals surface area contributed by atoms with Crippen LogP contribution in [0.1, 0.15) is 5.56 Å². The summed E-state index contributed by atoms with van der Waals surface area (Å²) in [5.74, 6) is -0.321. The van der Waals surface area contributed by atoms with Gasteiger partial charge in [0.25, 0.3) is 0 Å². The number of carboxylic acids is 1. The van der Waals surface area contributed by atoms with Crippen LogP contribution in [0.3, 0.4) is 0 Å². The molecule has 0 amide bonds. The van der Waals surface area contributed by atoms with Crippen molar-refractivity contribution >= 4 is 40.7 Å². The van der Waals surface area contributed by atoms with E-state index in [1.807, 2.05) is 16.9 Å². The number of carboxylic acid groups (broad SMARTS) is 1. The molecule has 2 heterocycles. The fourth-order valence-corrected chi connectivity index (χ4v) is 3.61. The normalized spacial score (nSPS) is 11.0. The first-order chi connectivity index (χ1) is 10.0. The molecule has 1 N–H and O–H groups in total. The van der Waals surface area contributed by atoms with Crippen LogP contribution in [-0.2, 0) is 16.1 Å². The van der Waals surface area contributed by atoms with Crippen molar-refractivity contribution in [3.63, 3.8) is 0 Å². The highest BCUT2D eigenvalue weighted by Gasteiger charge is 2.19. The van der Waals surface area contributed by atoms with Crippen LogP contribution in [0.15, 0.2) is 10.5 Å². The summed E-state index contributed by atoms with van der Waals surface area (Å²) in [5, 5.41) is 20.2. The summed E-state index contributed by atoms with van der Waals surface area (Å²) < 4.78 is 6.93. The van der Waals surface area contributed by atoms with Crippen molar-refractivity contribution in [3.05, 3.63) is 16.0 Å². The maximum atomic E-state index is 10.7. The molecule has 0 aliphatic heterocycles. The number of nitrogens with zero attached hydrogens (tertiary/aromatic N) is 3. The largest absolute Gasteiger partial charge is 0.481 e. The second-order valence-corrected chi connectivity index (χ2v) is 6.39. The van der Waals surface area contributed by atoms with Gasteiger partial charge in [0.2, 0.25) is 0 Å². The molecule has 0 spiro atoms. The minimum atomic E-state index is -0.896. The quantitative estimate of drug-likeness (QED) is 0.776. The van der Waals surface area contributed by atoms with E-state index in [1.165, 1.54) is 11.3 Å². The molecule has 0 saturated heterocycles. The predicted octanol–water partition coefficient (Wildman–Crippen LogP) is 2.79. The number of hydrogen-bond donors (Lipinski definition) is 1. The first-order valence-electron chi connectivity index (χ1n) is 6.05. The summed E-state index contributed by atoms with van der Waals surface area (Å²) in [6, 6.07) is 0. The Bertz CT molecular complexity index is 642. The number of ether oxygens (including phenoxy) is 1.